The molecule has 21 heavy (non-hydrogen) atoms. The van der Waals surface area contributed by atoms with Crippen LogP contribution < -0.4 is 5.76 Å². The van der Waals surface area contributed by atoms with Crippen LogP contribution in [-0.4, -0.2) is 33.7 Å². The van der Waals surface area contributed by atoms with Crippen LogP contribution in [0.1, 0.15) is 25.8 Å². The third-order valence-corrected chi connectivity index (χ3v) is 3.85. The summed E-state index contributed by atoms with van der Waals surface area (Å²) in [6.45, 7) is 2.87. The van der Waals surface area contributed by atoms with E-state index in [9.17, 15) is 9.59 Å². The van der Waals surface area contributed by atoms with Gasteiger partial charge in [-0.1, -0.05) is 18.2 Å². The van der Waals surface area contributed by atoms with Gasteiger partial charge < -0.3 is 9.32 Å². The number of carbonyl (C=O) groups is 1. The van der Waals surface area contributed by atoms with Crippen molar-refractivity contribution in [3.8, 4) is 11.5 Å². The van der Waals surface area contributed by atoms with Gasteiger partial charge in [-0.05, 0) is 25.0 Å². The molecule has 1 aromatic carbocycles. The van der Waals surface area contributed by atoms with E-state index in [0.717, 1.165) is 18.4 Å². The summed E-state index contributed by atoms with van der Waals surface area (Å²) >= 11 is 0. The molecule has 2 aromatic rings. The average Bonchev–Trinajstić information content (AvgIpc) is 2.90. The number of likely N-dealkylation sites (tertiary alicyclic amines) is 1. The van der Waals surface area contributed by atoms with Crippen molar-refractivity contribution in [3.05, 3.63) is 40.9 Å². The number of carbonyl (C=O) groups excluding carboxylic acids is 1. The van der Waals surface area contributed by atoms with E-state index in [2.05, 4.69) is 5.10 Å². The SMILES string of the molecule is CC(=O)N1CCC(n2nc(-c3ccccc3)oc2=O)CC1. The number of hydrogen-bond acceptors (Lipinski definition) is 4. The molecular formula is C15H17N3O3. The highest BCUT2D eigenvalue weighted by molar-refractivity contribution is 5.73. The highest BCUT2D eigenvalue weighted by atomic mass is 16.4. The fourth-order valence-electron chi connectivity index (χ4n) is 2.64. The predicted octanol–water partition coefficient (Wildman–Crippen LogP) is 1.69. The predicted molar refractivity (Wildman–Crippen MR) is 76.7 cm³/mol. The third-order valence-electron chi connectivity index (χ3n) is 3.85. The van der Waals surface area contributed by atoms with E-state index in [4.69, 9.17) is 4.42 Å². The summed E-state index contributed by atoms with van der Waals surface area (Å²) in [5.41, 5.74) is 0.787. The summed E-state index contributed by atoms with van der Waals surface area (Å²) in [6.07, 6.45) is 1.44. The smallest absolute Gasteiger partial charge is 0.388 e. The molecule has 0 unspecified atom stereocenters. The van der Waals surface area contributed by atoms with E-state index in [-0.39, 0.29) is 11.9 Å². The molecule has 0 bridgehead atoms. The molecule has 6 heteroatoms. The van der Waals surface area contributed by atoms with Crippen molar-refractivity contribution >= 4 is 5.91 Å². The van der Waals surface area contributed by atoms with Gasteiger partial charge in [0.05, 0.1) is 6.04 Å². The van der Waals surface area contributed by atoms with Crippen LogP contribution in [0.25, 0.3) is 11.5 Å². The van der Waals surface area contributed by atoms with E-state index in [1.165, 1.54) is 4.68 Å². The van der Waals surface area contributed by atoms with Gasteiger partial charge in [-0.2, -0.15) is 4.68 Å². The lowest BCUT2D eigenvalue weighted by Crippen LogP contribution is -2.39. The van der Waals surface area contributed by atoms with E-state index in [1.54, 1.807) is 11.8 Å². The fourth-order valence-corrected chi connectivity index (χ4v) is 2.64. The van der Waals surface area contributed by atoms with Gasteiger partial charge in [0.1, 0.15) is 0 Å². The van der Waals surface area contributed by atoms with Gasteiger partial charge in [-0.25, -0.2) is 4.79 Å². The van der Waals surface area contributed by atoms with Crippen molar-refractivity contribution in [2.24, 2.45) is 0 Å². The Balaban J connectivity index is 1.80. The van der Waals surface area contributed by atoms with Gasteiger partial charge in [-0.15, -0.1) is 5.10 Å². The van der Waals surface area contributed by atoms with Gasteiger partial charge >= 0.3 is 5.76 Å². The maximum Gasteiger partial charge on any atom is 0.437 e. The normalized spacial score (nSPS) is 16.1. The monoisotopic (exact) mass is 287 g/mol. The molecule has 0 saturated carbocycles. The Labute approximate surface area is 122 Å². The van der Waals surface area contributed by atoms with Crippen molar-refractivity contribution < 1.29 is 9.21 Å². The molecule has 110 valence electrons. The Morgan fingerprint density at radius 2 is 1.90 bits per heavy atom. The first-order chi connectivity index (χ1) is 10.1. The third kappa shape index (κ3) is 2.74. The second-order valence-corrected chi connectivity index (χ2v) is 5.22. The molecule has 1 saturated heterocycles. The summed E-state index contributed by atoms with van der Waals surface area (Å²) in [5.74, 6) is -0.0179. The fraction of sp³-hybridized carbons (Fsp3) is 0.400. The summed E-state index contributed by atoms with van der Waals surface area (Å²) < 4.78 is 6.66. The maximum atomic E-state index is 12.0. The van der Waals surface area contributed by atoms with Crippen LogP contribution in [0.15, 0.2) is 39.5 Å². The molecule has 3 rings (SSSR count). The van der Waals surface area contributed by atoms with Crippen LogP contribution in [0.5, 0.6) is 0 Å². The van der Waals surface area contributed by atoms with E-state index < -0.39 is 5.76 Å². The number of nitrogens with zero attached hydrogens (tertiary/aromatic N) is 3. The second kappa shape index (κ2) is 5.55. The number of amides is 1. The molecule has 0 N–H and O–H groups in total. The molecular weight excluding hydrogens is 270 g/mol. The largest absolute Gasteiger partial charge is 0.437 e. The second-order valence-electron chi connectivity index (χ2n) is 5.22. The molecule has 0 aliphatic carbocycles. The van der Waals surface area contributed by atoms with Crippen molar-refractivity contribution in [1.29, 1.82) is 0 Å². The van der Waals surface area contributed by atoms with Crippen molar-refractivity contribution in [1.82, 2.24) is 14.7 Å². The highest BCUT2D eigenvalue weighted by Gasteiger charge is 2.25. The Bertz CT molecular complexity index is 682. The minimum Gasteiger partial charge on any atom is -0.388 e. The van der Waals surface area contributed by atoms with Crippen molar-refractivity contribution in [2.45, 2.75) is 25.8 Å². The summed E-state index contributed by atoms with van der Waals surface area (Å²) in [7, 11) is 0. The lowest BCUT2D eigenvalue weighted by Gasteiger charge is -2.30. The molecule has 1 aromatic heterocycles. The summed E-state index contributed by atoms with van der Waals surface area (Å²) in [6, 6.07) is 9.35. The Kier molecular flexibility index (Phi) is 3.60. The minimum atomic E-state index is -0.435. The minimum absolute atomic E-state index is 0.00527. The first-order valence-electron chi connectivity index (χ1n) is 7.06. The first kappa shape index (κ1) is 13.6. The maximum absolute atomic E-state index is 12.0. The average molecular weight is 287 g/mol. The lowest BCUT2D eigenvalue weighted by molar-refractivity contribution is -0.130. The standard InChI is InChI=1S/C15H17N3O3/c1-11(19)17-9-7-13(8-10-17)18-15(20)21-14(16-18)12-5-3-2-4-6-12/h2-6,13H,7-10H2,1H3. The molecule has 0 atom stereocenters. The first-order valence-corrected chi connectivity index (χ1v) is 7.06. The molecule has 1 aliphatic rings. The van der Waals surface area contributed by atoms with Gasteiger partial charge in [0.15, 0.2) is 0 Å². The number of hydrogen-bond donors (Lipinski definition) is 0. The lowest BCUT2D eigenvalue weighted by atomic mass is 10.1. The summed E-state index contributed by atoms with van der Waals surface area (Å²) in [4.78, 5) is 25.1. The molecule has 0 radical (unpaired) electrons. The van der Waals surface area contributed by atoms with Crippen molar-refractivity contribution in [2.75, 3.05) is 13.1 Å². The zero-order valence-electron chi connectivity index (χ0n) is 11.9. The number of aromatic nitrogens is 2. The van der Waals surface area contributed by atoms with Crippen LogP contribution >= 0.6 is 0 Å². The molecule has 6 nitrogen and oxygen atoms in total. The van der Waals surface area contributed by atoms with Crippen LogP contribution in [0, 0.1) is 0 Å². The van der Waals surface area contributed by atoms with E-state index in [1.807, 2.05) is 30.3 Å². The zero-order chi connectivity index (χ0) is 14.8. The number of rotatable bonds is 2. The van der Waals surface area contributed by atoms with Crippen LogP contribution in [0.2, 0.25) is 0 Å². The van der Waals surface area contributed by atoms with Gasteiger partial charge in [0, 0.05) is 25.6 Å². The van der Waals surface area contributed by atoms with Gasteiger partial charge in [0.25, 0.3) is 0 Å². The Morgan fingerprint density at radius 1 is 1.24 bits per heavy atom. The molecule has 1 fully saturated rings. The zero-order valence-corrected chi connectivity index (χ0v) is 11.9. The molecule has 1 aliphatic heterocycles. The highest BCUT2D eigenvalue weighted by Crippen LogP contribution is 2.22. The van der Waals surface area contributed by atoms with E-state index >= 15 is 0 Å². The Hall–Kier alpha value is -2.37. The topological polar surface area (TPSA) is 68.3 Å². The molecule has 2 heterocycles. The van der Waals surface area contributed by atoms with Crippen LogP contribution in [0.3, 0.4) is 0 Å². The van der Waals surface area contributed by atoms with Gasteiger partial charge in [0.2, 0.25) is 11.8 Å². The number of benzene rings is 1. The van der Waals surface area contributed by atoms with Crippen LogP contribution in [0.4, 0.5) is 0 Å². The number of piperidine rings is 1. The summed E-state index contributed by atoms with van der Waals surface area (Å²) in [5, 5.41) is 4.31. The molecule has 1 amide bonds. The quantitative estimate of drug-likeness (QED) is 0.843. The van der Waals surface area contributed by atoms with Crippen LogP contribution in [-0.2, 0) is 4.79 Å². The van der Waals surface area contributed by atoms with Gasteiger partial charge in [-0.3, -0.25) is 4.79 Å². The Morgan fingerprint density at radius 3 is 2.52 bits per heavy atom. The van der Waals surface area contributed by atoms with Crippen molar-refractivity contribution in [3.63, 3.8) is 0 Å². The molecule has 0 spiro atoms. The van der Waals surface area contributed by atoms with E-state index in [0.29, 0.717) is 19.0 Å².